The van der Waals surface area contributed by atoms with Crippen molar-refractivity contribution in [2.75, 3.05) is 0 Å². The van der Waals surface area contributed by atoms with Crippen molar-refractivity contribution in [3.05, 3.63) is 63.6 Å². The molecule has 24 heavy (non-hydrogen) atoms. The minimum atomic E-state index is -4.74. The highest BCUT2D eigenvalue weighted by Gasteiger charge is 2.35. The summed E-state index contributed by atoms with van der Waals surface area (Å²) >= 11 is 0. The van der Waals surface area contributed by atoms with Crippen molar-refractivity contribution in [1.29, 1.82) is 10.9 Å². The Morgan fingerprint density at radius 1 is 1.17 bits per heavy atom. The zero-order chi connectivity index (χ0) is 17.7. The Morgan fingerprint density at radius 3 is 2.38 bits per heavy atom. The van der Waals surface area contributed by atoms with Gasteiger partial charge in [-0.25, -0.2) is 0 Å². The fourth-order valence-corrected chi connectivity index (χ4v) is 2.61. The van der Waals surface area contributed by atoms with Gasteiger partial charge in [0.15, 0.2) is 16.6 Å². The minimum absolute atomic E-state index is 0.145. The van der Waals surface area contributed by atoms with Crippen LogP contribution in [0.25, 0.3) is 5.08 Å². The molecule has 0 heterocycles. The lowest BCUT2D eigenvalue weighted by Crippen LogP contribution is -2.29. The van der Waals surface area contributed by atoms with Gasteiger partial charge in [0, 0.05) is 5.56 Å². The summed E-state index contributed by atoms with van der Waals surface area (Å²) < 4.78 is 32.0. The van der Waals surface area contributed by atoms with Crippen molar-refractivity contribution in [3.63, 3.8) is 0 Å². The van der Waals surface area contributed by atoms with E-state index >= 15 is 0 Å². The van der Waals surface area contributed by atoms with Gasteiger partial charge >= 0.3 is 5.08 Å². The molecule has 120 valence electrons. The summed E-state index contributed by atoms with van der Waals surface area (Å²) in [6.07, 6.45) is 2.01. The molecule has 1 aromatic carbocycles. The van der Waals surface area contributed by atoms with Gasteiger partial charge in [-0.05, 0) is 12.2 Å². The number of carbonyl (C=O) groups is 1. The molecule has 0 unspecified atom stereocenters. The van der Waals surface area contributed by atoms with Crippen LogP contribution >= 0.6 is 0 Å². The first-order valence-electron chi connectivity index (χ1n) is 6.27. The molecular formula is C13H9N6O4S+. The number of carbonyl (C=O) groups excluding carboxylic acids is 1. The van der Waals surface area contributed by atoms with E-state index in [9.17, 15) is 17.8 Å². The van der Waals surface area contributed by atoms with Gasteiger partial charge in [-0.2, -0.15) is 13.9 Å². The van der Waals surface area contributed by atoms with Crippen molar-refractivity contribution in [2.45, 2.75) is 0 Å². The molecule has 1 aliphatic rings. The molecule has 0 atom stereocenters. The molecule has 0 bridgehead atoms. The Kier molecular flexibility index (Phi) is 4.83. The predicted octanol–water partition coefficient (Wildman–Crippen LogP) is 2.18. The number of ketones is 1. The van der Waals surface area contributed by atoms with Crippen LogP contribution < -0.4 is 0 Å². The van der Waals surface area contributed by atoms with Gasteiger partial charge in [-0.15, -0.1) is 5.10 Å². The number of nitrogens with one attached hydrogen (secondary N) is 1. The molecule has 0 saturated carbocycles. The van der Waals surface area contributed by atoms with E-state index in [1.54, 1.807) is 18.2 Å². The number of diazo groups is 1. The highest BCUT2D eigenvalue weighted by molar-refractivity contribution is 7.91. The van der Waals surface area contributed by atoms with E-state index in [1.165, 1.54) is 12.1 Å². The first-order chi connectivity index (χ1) is 11.4. The van der Waals surface area contributed by atoms with Crippen LogP contribution in [-0.4, -0.2) is 30.2 Å². The van der Waals surface area contributed by atoms with Gasteiger partial charge in [-0.3, -0.25) is 9.35 Å². The number of hydrogen-bond acceptors (Lipinski definition) is 7. The monoisotopic (exact) mass is 345 g/mol. The molecule has 0 aromatic heterocycles. The maximum atomic E-state index is 12.5. The number of hydrogen-bond donors (Lipinski definition) is 2. The average Bonchev–Trinajstić information content (AvgIpc) is 2.55. The zero-order valence-corrected chi connectivity index (χ0v) is 12.7. The highest BCUT2D eigenvalue weighted by atomic mass is 32.2. The zero-order valence-electron chi connectivity index (χ0n) is 11.9. The molecule has 1 aliphatic carbocycles. The van der Waals surface area contributed by atoms with Crippen LogP contribution in [0.2, 0.25) is 0 Å². The predicted molar refractivity (Wildman–Crippen MR) is 83.6 cm³/mol. The molecule has 2 N–H and O–H groups in total. The number of Topliss-reactive ketones (excluding diaryl/α,β-unsaturated/α-hetero) is 1. The van der Waals surface area contributed by atoms with Crippen molar-refractivity contribution in [2.24, 2.45) is 15.4 Å². The summed E-state index contributed by atoms with van der Waals surface area (Å²) in [5.41, 5.74) is 5.86. The Balaban J connectivity index is 2.69. The summed E-state index contributed by atoms with van der Waals surface area (Å²) in [5, 5.41) is 20.5. The maximum Gasteiger partial charge on any atom is 0.339 e. The lowest BCUT2D eigenvalue weighted by Gasteiger charge is -2.13. The van der Waals surface area contributed by atoms with Crippen LogP contribution in [-0.2, 0) is 10.1 Å². The lowest BCUT2D eigenvalue weighted by molar-refractivity contribution is 0.104. The van der Waals surface area contributed by atoms with E-state index in [1.807, 2.05) is 0 Å². The average molecular weight is 345 g/mol. The van der Waals surface area contributed by atoms with Gasteiger partial charge in [0.2, 0.25) is 0 Å². The van der Waals surface area contributed by atoms with E-state index in [-0.39, 0.29) is 11.1 Å². The van der Waals surface area contributed by atoms with E-state index in [0.29, 0.717) is 0 Å². The second-order valence-corrected chi connectivity index (χ2v) is 5.76. The van der Waals surface area contributed by atoms with Gasteiger partial charge in [-0.1, -0.05) is 35.6 Å². The molecule has 2 rings (SSSR count). The Hall–Kier alpha value is -3.36. The summed E-state index contributed by atoms with van der Waals surface area (Å²) in [6.45, 7) is 0. The number of rotatable bonds is 4. The van der Waals surface area contributed by atoms with Crippen LogP contribution in [0.15, 0.2) is 68.4 Å². The standard InChI is InChI=1S/C13H8N6O4S/c14-18-16-11-9(13(20)8-4-2-1-3-5-8)6-7-10(24(21,22)23)12(11)17-19-15/h1-7,15H/p+1. The highest BCUT2D eigenvalue weighted by Crippen LogP contribution is 2.22. The molecule has 0 fully saturated rings. The molecule has 1 aromatic rings. The summed E-state index contributed by atoms with van der Waals surface area (Å²) in [6, 6.07) is 7.98. The molecule has 10 nitrogen and oxygen atoms in total. The SMILES string of the molecule is N#[N+]N=C1C(C(=O)c2ccccc2)=CC=C(S(=O)(=O)O)C1=NN=N. The van der Waals surface area contributed by atoms with E-state index in [2.05, 4.69) is 20.5 Å². The van der Waals surface area contributed by atoms with Crippen LogP contribution in [0.4, 0.5) is 0 Å². The maximum absolute atomic E-state index is 12.5. The van der Waals surface area contributed by atoms with Crippen molar-refractivity contribution < 1.29 is 17.8 Å². The molecule has 0 saturated heterocycles. The fraction of sp³-hybridized carbons (Fsp3) is 0. The molecular weight excluding hydrogens is 336 g/mol. The second kappa shape index (κ2) is 6.82. The number of benzene rings is 1. The molecule has 0 amide bonds. The van der Waals surface area contributed by atoms with E-state index in [0.717, 1.165) is 12.2 Å². The summed E-state index contributed by atoms with van der Waals surface area (Å²) in [4.78, 5) is 11.8. The van der Waals surface area contributed by atoms with E-state index in [4.69, 9.17) is 10.9 Å². The minimum Gasteiger partial charge on any atom is -0.289 e. The largest absolute Gasteiger partial charge is 0.339 e. The van der Waals surface area contributed by atoms with Crippen molar-refractivity contribution in [3.8, 4) is 0 Å². The molecule has 11 heteroatoms. The van der Waals surface area contributed by atoms with Crippen LogP contribution in [0.5, 0.6) is 0 Å². The molecule has 0 aliphatic heterocycles. The normalized spacial score (nSPS) is 17.8. The Labute approximate surface area is 135 Å². The number of allylic oxidation sites excluding steroid dienone is 4. The van der Waals surface area contributed by atoms with Gasteiger partial charge in [0.1, 0.15) is 10.6 Å². The van der Waals surface area contributed by atoms with Gasteiger partial charge in [0.05, 0.1) is 5.57 Å². The first kappa shape index (κ1) is 17.0. The topological polar surface area (TPSA) is 161 Å². The van der Waals surface area contributed by atoms with Gasteiger partial charge < -0.3 is 0 Å². The second-order valence-electron chi connectivity index (χ2n) is 4.37. The van der Waals surface area contributed by atoms with Crippen LogP contribution in [0.3, 0.4) is 0 Å². The Bertz CT molecular complexity index is 967. The van der Waals surface area contributed by atoms with Crippen molar-refractivity contribution in [1.82, 2.24) is 0 Å². The quantitative estimate of drug-likeness (QED) is 0.213. The summed E-state index contributed by atoms with van der Waals surface area (Å²) in [5.74, 6) is -0.554. The smallest absolute Gasteiger partial charge is 0.289 e. The third kappa shape index (κ3) is 3.35. The Morgan fingerprint density at radius 2 is 1.83 bits per heavy atom. The molecule has 0 spiro atoms. The molecule has 0 radical (unpaired) electrons. The van der Waals surface area contributed by atoms with E-state index < -0.39 is 32.2 Å². The van der Waals surface area contributed by atoms with Gasteiger partial charge in [0.25, 0.3) is 15.5 Å². The summed E-state index contributed by atoms with van der Waals surface area (Å²) in [7, 11) is -4.74. The first-order valence-corrected chi connectivity index (χ1v) is 7.71. The van der Waals surface area contributed by atoms with Crippen LogP contribution in [0, 0.1) is 10.9 Å². The van der Waals surface area contributed by atoms with Crippen LogP contribution in [0.1, 0.15) is 10.4 Å². The fourth-order valence-electron chi connectivity index (χ4n) is 1.99. The number of nitrogens with zero attached hydrogens (tertiary/aromatic N) is 5. The third-order valence-electron chi connectivity index (χ3n) is 2.97. The lowest BCUT2D eigenvalue weighted by atomic mass is 9.93. The third-order valence-corrected chi connectivity index (χ3v) is 3.85. The van der Waals surface area contributed by atoms with Crippen molar-refractivity contribution >= 4 is 27.3 Å².